The van der Waals surface area contributed by atoms with Gasteiger partial charge in [0.2, 0.25) is 0 Å². The Bertz CT molecular complexity index is 1360. The average molecular weight is 520 g/mol. The molecule has 0 spiro atoms. The van der Waals surface area contributed by atoms with E-state index >= 15 is 0 Å². The summed E-state index contributed by atoms with van der Waals surface area (Å²) in [5.41, 5.74) is 3.57. The van der Waals surface area contributed by atoms with Crippen molar-refractivity contribution < 1.29 is 24.2 Å². The van der Waals surface area contributed by atoms with E-state index in [2.05, 4.69) is 22.3 Å². The lowest BCUT2D eigenvalue weighted by Crippen LogP contribution is -2.29. The van der Waals surface area contributed by atoms with Crippen LogP contribution in [0.4, 0.5) is 4.79 Å². The number of piperidine rings is 1. The Balaban J connectivity index is 1.65. The van der Waals surface area contributed by atoms with Gasteiger partial charge in [-0.15, -0.1) is 0 Å². The molecule has 38 heavy (non-hydrogen) atoms. The summed E-state index contributed by atoms with van der Waals surface area (Å²) in [7, 11) is 0. The van der Waals surface area contributed by atoms with Crippen LogP contribution in [0.25, 0.3) is 22.2 Å². The van der Waals surface area contributed by atoms with Gasteiger partial charge in [0.25, 0.3) is 5.91 Å². The standard InChI is InChI=1S/C30H37N3O5/c1-5-26(34)37-22-14-21-17-31-28(35)27(21)23(16-22)25-15-20-13-19(18-32-11-7-6-8-12-32)9-10-24(20)33(25)29(36)38-30(2,3)4/h9-10,13-16,26,34H,5-8,11-12,17-18H2,1-4H3,(H,31,35). The molecule has 2 aliphatic rings. The number of likely N-dealkylation sites (tertiary alicyclic amines) is 1. The lowest BCUT2D eigenvalue weighted by Gasteiger charge is -2.26. The maximum atomic E-state index is 13.6. The third kappa shape index (κ3) is 5.42. The van der Waals surface area contributed by atoms with E-state index in [1.165, 1.54) is 24.8 Å². The summed E-state index contributed by atoms with van der Waals surface area (Å²) in [4.78, 5) is 29.0. The normalized spacial score (nSPS) is 16.8. The molecule has 2 aromatic carbocycles. The Hall–Kier alpha value is -3.36. The summed E-state index contributed by atoms with van der Waals surface area (Å²) in [5, 5.41) is 13.9. The van der Waals surface area contributed by atoms with Crippen LogP contribution in [0.2, 0.25) is 0 Å². The maximum Gasteiger partial charge on any atom is 0.419 e. The maximum absolute atomic E-state index is 13.6. The highest BCUT2D eigenvalue weighted by molar-refractivity contribution is 6.07. The van der Waals surface area contributed by atoms with Gasteiger partial charge in [-0.3, -0.25) is 9.69 Å². The van der Waals surface area contributed by atoms with Crippen molar-refractivity contribution in [3.05, 3.63) is 53.1 Å². The van der Waals surface area contributed by atoms with E-state index in [0.29, 0.717) is 41.1 Å². The topological polar surface area (TPSA) is 93.0 Å². The number of ether oxygens (including phenoxy) is 2. The van der Waals surface area contributed by atoms with Crippen LogP contribution in [-0.2, 0) is 17.8 Å². The first-order chi connectivity index (χ1) is 18.1. The number of aromatic nitrogens is 1. The Morgan fingerprint density at radius 1 is 1.11 bits per heavy atom. The molecule has 1 aromatic heterocycles. The van der Waals surface area contributed by atoms with Gasteiger partial charge < -0.3 is 19.9 Å². The van der Waals surface area contributed by atoms with Crippen molar-refractivity contribution in [2.75, 3.05) is 13.1 Å². The Morgan fingerprint density at radius 3 is 2.58 bits per heavy atom. The van der Waals surface area contributed by atoms with E-state index in [1.54, 1.807) is 16.7 Å². The molecule has 202 valence electrons. The predicted molar refractivity (Wildman–Crippen MR) is 146 cm³/mol. The number of carbonyl (C=O) groups is 2. The molecule has 2 N–H and O–H groups in total. The second-order valence-corrected chi connectivity index (χ2v) is 11.2. The van der Waals surface area contributed by atoms with E-state index in [-0.39, 0.29) is 5.91 Å². The molecule has 8 heteroatoms. The molecule has 3 aromatic rings. The summed E-state index contributed by atoms with van der Waals surface area (Å²) in [5.74, 6) is 0.237. The van der Waals surface area contributed by atoms with Gasteiger partial charge in [-0.2, -0.15) is 0 Å². The molecule has 2 aliphatic heterocycles. The minimum atomic E-state index is -0.972. The molecular weight excluding hydrogens is 482 g/mol. The molecule has 1 unspecified atom stereocenters. The fourth-order valence-corrected chi connectivity index (χ4v) is 5.30. The number of rotatable bonds is 6. The smallest absolute Gasteiger partial charge is 0.419 e. The fourth-order valence-electron chi connectivity index (χ4n) is 5.30. The number of fused-ring (bicyclic) bond motifs is 2. The first kappa shape index (κ1) is 26.3. The Labute approximate surface area is 223 Å². The number of aliphatic hydroxyl groups excluding tert-OH is 1. The first-order valence-electron chi connectivity index (χ1n) is 13.5. The van der Waals surface area contributed by atoms with Gasteiger partial charge in [-0.1, -0.05) is 19.4 Å². The van der Waals surface area contributed by atoms with Crippen LogP contribution >= 0.6 is 0 Å². The molecule has 5 rings (SSSR count). The highest BCUT2D eigenvalue weighted by Crippen LogP contribution is 2.38. The van der Waals surface area contributed by atoms with Crippen molar-refractivity contribution in [2.24, 2.45) is 0 Å². The largest absolute Gasteiger partial charge is 0.465 e. The molecule has 8 nitrogen and oxygen atoms in total. The third-order valence-electron chi connectivity index (χ3n) is 7.05. The molecule has 1 fully saturated rings. The number of carbonyl (C=O) groups excluding carboxylic acids is 2. The summed E-state index contributed by atoms with van der Waals surface area (Å²) < 4.78 is 13.1. The van der Waals surface area contributed by atoms with Crippen molar-refractivity contribution in [1.29, 1.82) is 0 Å². The zero-order valence-corrected chi connectivity index (χ0v) is 22.7. The SMILES string of the molecule is CCC(O)Oc1cc2c(c(-c3cc4cc(CN5CCCCC5)ccc4n3C(=O)OC(C)(C)C)c1)C(=O)NC2. The molecule has 0 aliphatic carbocycles. The molecule has 3 heterocycles. The molecule has 1 saturated heterocycles. The summed E-state index contributed by atoms with van der Waals surface area (Å²) >= 11 is 0. The number of amides is 1. The summed E-state index contributed by atoms with van der Waals surface area (Å²) in [6.45, 7) is 10.7. The second kappa shape index (κ2) is 10.4. The van der Waals surface area contributed by atoms with E-state index in [1.807, 2.05) is 39.8 Å². The fraction of sp³-hybridized carbons (Fsp3) is 0.467. The highest BCUT2D eigenvalue weighted by Gasteiger charge is 2.30. The molecule has 1 amide bonds. The van der Waals surface area contributed by atoms with Crippen LogP contribution in [0.3, 0.4) is 0 Å². The van der Waals surface area contributed by atoms with Gasteiger partial charge in [0.05, 0.1) is 16.8 Å². The third-order valence-corrected chi connectivity index (χ3v) is 7.05. The van der Waals surface area contributed by atoms with Gasteiger partial charge in [-0.25, -0.2) is 9.36 Å². The van der Waals surface area contributed by atoms with Gasteiger partial charge in [0.1, 0.15) is 11.4 Å². The lowest BCUT2D eigenvalue weighted by atomic mass is 9.99. The monoisotopic (exact) mass is 519 g/mol. The number of nitrogens with one attached hydrogen (secondary N) is 1. The molecular formula is C30H37N3O5. The summed E-state index contributed by atoms with van der Waals surface area (Å²) in [6.07, 6.45) is 2.66. The van der Waals surface area contributed by atoms with Crippen molar-refractivity contribution >= 4 is 22.9 Å². The molecule has 0 bridgehead atoms. The Morgan fingerprint density at radius 2 is 1.87 bits per heavy atom. The van der Waals surface area contributed by atoms with Crippen molar-refractivity contribution in [1.82, 2.24) is 14.8 Å². The zero-order valence-electron chi connectivity index (χ0n) is 22.7. The van der Waals surface area contributed by atoms with Gasteiger partial charge in [0, 0.05) is 30.5 Å². The van der Waals surface area contributed by atoms with Crippen LogP contribution in [0.5, 0.6) is 5.75 Å². The average Bonchev–Trinajstić information content (AvgIpc) is 3.43. The van der Waals surface area contributed by atoms with Crippen molar-refractivity contribution in [3.8, 4) is 17.0 Å². The number of aliphatic hydroxyl groups is 1. The van der Waals surface area contributed by atoms with Crippen LogP contribution in [-0.4, -0.2) is 51.6 Å². The zero-order chi connectivity index (χ0) is 27.0. The van der Waals surface area contributed by atoms with E-state index in [9.17, 15) is 14.7 Å². The minimum Gasteiger partial charge on any atom is -0.465 e. The first-order valence-corrected chi connectivity index (χ1v) is 13.5. The van der Waals surface area contributed by atoms with Gasteiger partial charge in [0.15, 0.2) is 6.29 Å². The number of hydrogen-bond acceptors (Lipinski definition) is 6. The number of nitrogens with zero attached hydrogens (tertiary/aromatic N) is 2. The van der Waals surface area contributed by atoms with Crippen molar-refractivity contribution in [3.63, 3.8) is 0 Å². The van der Waals surface area contributed by atoms with Crippen LogP contribution in [0, 0.1) is 0 Å². The van der Waals surface area contributed by atoms with Gasteiger partial charge in [-0.05, 0) is 88.2 Å². The number of benzene rings is 2. The summed E-state index contributed by atoms with van der Waals surface area (Å²) in [6, 6.07) is 11.6. The molecule has 1 atom stereocenters. The predicted octanol–water partition coefficient (Wildman–Crippen LogP) is 5.43. The van der Waals surface area contributed by atoms with Crippen LogP contribution in [0.1, 0.15) is 74.9 Å². The molecule has 0 radical (unpaired) electrons. The lowest BCUT2D eigenvalue weighted by molar-refractivity contribution is -0.0191. The van der Waals surface area contributed by atoms with Crippen molar-refractivity contribution in [2.45, 2.75) is 78.4 Å². The van der Waals surface area contributed by atoms with Crippen LogP contribution in [0.15, 0.2) is 36.4 Å². The highest BCUT2D eigenvalue weighted by atomic mass is 16.6. The van der Waals surface area contributed by atoms with E-state index < -0.39 is 18.0 Å². The Kier molecular flexibility index (Phi) is 7.20. The molecule has 0 saturated carbocycles. The minimum absolute atomic E-state index is 0.204. The van der Waals surface area contributed by atoms with E-state index in [0.717, 1.165) is 30.6 Å². The quantitative estimate of drug-likeness (QED) is 0.422. The van der Waals surface area contributed by atoms with E-state index in [4.69, 9.17) is 9.47 Å². The van der Waals surface area contributed by atoms with Crippen LogP contribution < -0.4 is 10.1 Å². The number of hydrogen-bond donors (Lipinski definition) is 2. The second-order valence-electron chi connectivity index (χ2n) is 11.2. The van der Waals surface area contributed by atoms with Gasteiger partial charge >= 0.3 is 6.09 Å².